The van der Waals surface area contributed by atoms with Gasteiger partial charge in [0.1, 0.15) is 12.4 Å². The molecule has 2 aliphatic rings. The van der Waals surface area contributed by atoms with Gasteiger partial charge in [0.15, 0.2) is 0 Å². The number of para-hydroxylation sites is 2. The van der Waals surface area contributed by atoms with Crippen LogP contribution in [0.1, 0.15) is 5.56 Å². The summed E-state index contributed by atoms with van der Waals surface area (Å²) in [5.74, 6) is -1.63. The van der Waals surface area contributed by atoms with Crippen molar-refractivity contribution in [2.24, 2.45) is 0 Å². The van der Waals surface area contributed by atoms with Crippen molar-refractivity contribution in [3.05, 3.63) is 89.2 Å². The van der Waals surface area contributed by atoms with Crippen LogP contribution in [-0.4, -0.2) is 30.0 Å². The van der Waals surface area contributed by atoms with Crippen LogP contribution < -0.4 is 15.1 Å². The van der Waals surface area contributed by atoms with Gasteiger partial charge in [0.2, 0.25) is 16.7 Å². The second-order valence-electron chi connectivity index (χ2n) is 7.57. The highest BCUT2D eigenvalue weighted by atomic mass is 35.5. The Kier molecular flexibility index (Phi) is 5.34. The molecule has 1 fully saturated rings. The SMILES string of the molecule is O=C(CN1C(=O)[C@@]2(SCC(=O)N2c2ccc(Cl)cc2)c2ccccc21)Nc1ccccc1F. The summed E-state index contributed by atoms with van der Waals surface area (Å²) >= 11 is 7.23. The first-order valence-corrected chi connectivity index (χ1v) is 11.5. The molecular weight excluding hydrogens is 465 g/mol. The van der Waals surface area contributed by atoms with Gasteiger partial charge in [0, 0.05) is 16.3 Å². The zero-order valence-corrected chi connectivity index (χ0v) is 18.7. The number of halogens is 2. The molecule has 5 rings (SSSR count). The van der Waals surface area contributed by atoms with Crippen LogP contribution in [0.15, 0.2) is 72.8 Å². The number of nitrogens with zero attached hydrogens (tertiary/aromatic N) is 2. The number of thioether (sulfide) groups is 1. The van der Waals surface area contributed by atoms with Gasteiger partial charge in [-0.1, -0.05) is 41.9 Å². The monoisotopic (exact) mass is 481 g/mol. The van der Waals surface area contributed by atoms with E-state index in [2.05, 4.69) is 5.32 Å². The van der Waals surface area contributed by atoms with Crippen LogP contribution in [0.25, 0.3) is 0 Å². The third-order valence-electron chi connectivity index (χ3n) is 5.60. The fourth-order valence-corrected chi connectivity index (χ4v) is 5.68. The van der Waals surface area contributed by atoms with Crippen molar-refractivity contribution >= 4 is 58.1 Å². The van der Waals surface area contributed by atoms with Crippen molar-refractivity contribution in [3.8, 4) is 0 Å². The van der Waals surface area contributed by atoms with Crippen molar-refractivity contribution in [1.82, 2.24) is 0 Å². The minimum Gasteiger partial charge on any atom is -0.322 e. The predicted octanol–water partition coefficient (Wildman–Crippen LogP) is 4.40. The Balaban J connectivity index is 1.52. The number of carbonyl (C=O) groups is 3. The molecule has 1 spiro atoms. The molecule has 0 radical (unpaired) electrons. The highest BCUT2D eigenvalue weighted by Crippen LogP contribution is 2.55. The molecule has 1 saturated heterocycles. The second kappa shape index (κ2) is 8.20. The van der Waals surface area contributed by atoms with Gasteiger partial charge < -0.3 is 5.32 Å². The maximum atomic E-state index is 14.0. The number of amides is 3. The Bertz CT molecular complexity index is 1290. The van der Waals surface area contributed by atoms with Crippen LogP contribution in [-0.2, 0) is 19.3 Å². The van der Waals surface area contributed by atoms with E-state index in [1.165, 1.54) is 39.8 Å². The van der Waals surface area contributed by atoms with Gasteiger partial charge in [-0.15, -0.1) is 11.8 Å². The summed E-state index contributed by atoms with van der Waals surface area (Å²) in [4.78, 5) is 41.1. The Morgan fingerprint density at radius 3 is 2.48 bits per heavy atom. The molecule has 2 aliphatic heterocycles. The minimum absolute atomic E-state index is 0.0327. The molecule has 3 aromatic rings. The number of carbonyl (C=O) groups excluding carboxylic acids is 3. The number of hydrogen-bond donors (Lipinski definition) is 1. The van der Waals surface area contributed by atoms with E-state index in [1.807, 2.05) is 0 Å². The summed E-state index contributed by atoms with van der Waals surface area (Å²) in [6.07, 6.45) is 0. The van der Waals surface area contributed by atoms with Crippen LogP contribution in [0.2, 0.25) is 5.02 Å². The number of hydrogen-bond acceptors (Lipinski definition) is 4. The lowest BCUT2D eigenvalue weighted by atomic mass is 10.0. The number of benzene rings is 3. The van der Waals surface area contributed by atoms with Crippen molar-refractivity contribution in [2.75, 3.05) is 27.4 Å². The first kappa shape index (κ1) is 21.5. The van der Waals surface area contributed by atoms with Crippen LogP contribution in [0.3, 0.4) is 0 Å². The van der Waals surface area contributed by atoms with E-state index in [0.717, 1.165) is 0 Å². The molecule has 1 atom stereocenters. The minimum atomic E-state index is -1.33. The molecule has 2 heterocycles. The summed E-state index contributed by atoms with van der Waals surface area (Å²) in [7, 11) is 0. The van der Waals surface area contributed by atoms with Crippen LogP contribution in [0.5, 0.6) is 0 Å². The molecule has 0 aromatic heterocycles. The Morgan fingerprint density at radius 1 is 1.03 bits per heavy atom. The molecular formula is C24H17ClFN3O3S. The van der Waals surface area contributed by atoms with Crippen LogP contribution in [0, 0.1) is 5.82 Å². The molecule has 6 nitrogen and oxygen atoms in total. The number of fused-ring (bicyclic) bond motifs is 2. The third-order valence-corrected chi connectivity index (χ3v) is 7.24. The summed E-state index contributed by atoms with van der Waals surface area (Å²) in [5.41, 5.74) is 1.73. The van der Waals surface area contributed by atoms with Crippen molar-refractivity contribution in [1.29, 1.82) is 0 Å². The fraction of sp³-hybridized carbons (Fsp3) is 0.125. The van der Waals surface area contributed by atoms with E-state index in [-0.39, 0.29) is 23.9 Å². The maximum Gasteiger partial charge on any atom is 0.269 e. The summed E-state index contributed by atoms with van der Waals surface area (Å²) in [5, 5.41) is 3.03. The molecule has 33 heavy (non-hydrogen) atoms. The molecule has 0 bridgehead atoms. The fourth-order valence-electron chi connectivity index (χ4n) is 4.20. The van der Waals surface area contributed by atoms with E-state index < -0.39 is 22.5 Å². The van der Waals surface area contributed by atoms with E-state index in [9.17, 15) is 18.8 Å². The van der Waals surface area contributed by atoms with Crippen LogP contribution in [0.4, 0.5) is 21.5 Å². The largest absolute Gasteiger partial charge is 0.322 e. The first-order chi connectivity index (χ1) is 15.9. The summed E-state index contributed by atoms with van der Waals surface area (Å²) < 4.78 is 14.0. The highest BCUT2D eigenvalue weighted by molar-refractivity contribution is 8.02. The molecule has 0 aliphatic carbocycles. The Morgan fingerprint density at radius 2 is 1.73 bits per heavy atom. The van der Waals surface area contributed by atoms with Crippen molar-refractivity contribution in [3.63, 3.8) is 0 Å². The first-order valence-electron chi connectivity index (χ1n) is 10.1. The topological polar surface area (TPSA) is 69.7 Å². The molecule has 0 unspecified atom stereocenters. The second-order valence-corrected chi connectivity index (χ2v) is 9.18. The Labute approximate surface area is 198 Å². The maximum absolute atomic E-state index is 14.0. The number of nitrogens with one attached hydrogen (secondary N) is 1. The zero-order valence-electron chi connectivity index (χ0n) is 17.1. The van der Waals surface area contributed by atoms with Gasteiger partial charge in [0.05, 0.1) is 17.1 Å². The van der Waals surface area contributed by atoms with E-state index in [0.29, 0.717) is 22.0 Å². The van der Waals surface area contributed by atoms with Gasteiger partial charge >= 0.3 is 0 Å². The van der Waals surface area contributed by atoms with E-state index in [1.54, 1.807) is 54.6 Å². The van der Waals surface area contributed by atoms with E-state index >= 15 is 0 Å². The zero-order chi connectivity index (χ0) is 23.2. The lowest BCUT2D eigenvalue weighted by molar-refractivity contribution is -0.124. The normalized spacial score (nSPS) is 19.3. The molecule has 166 valence electrons. The van der Waals surface area contributed by atoms with Gasteiger partial charge in [0.25, 0.3) is 5.91 Å². The summed E-state index contributed by atoms with van der Waals surface area (Å²) in [6.45, 7) is -0.324. The van der Waals surface area contributed by atoms with Gasteiger partial charge in [-0.05, 0) is 42.5 Å². The molecule has 3 amide bonds. The van der Waals surface area contributed by atoms with Crippen LogP contribution >= 0.6 is 23.4 Å². The van der Waals surface area contributed by atoms with Gasteiger partial charge in [-0.2, -0.15) is 0 Å². The Hall–Kier alpha value is -3.36. The lowest BCUT2D eigenvalue weighted by Gasteiger charge is -2.33. The molecule has 9 heteroatoms. The highest BCUT2D eigenvalue weighted by Gasteiger charge is 2.61. The van der Waals surface area contributed by atoms with Crippen molar-refractivity contribution in [2.45, 2.75) is 4.87 Å². The standard InChI is InChI=1S/C24H17ClFN3O3S/c25-15-9-11-16(12-10-15)29-22(31)14-33-24(29)17-5-1-4-8-20(17)28(23(24)32)13-21(30)27-19-7-3-2-6-18(19)26/h1-12H,13-14H2,(H,27,30)/t24-/m0/s1. The van der Waals surface area contributed by atoms with Gasteiger partial charge in [-0.3, -0.25) is 24.2 Å². The quantitative estimate of drug-likeness (QED) is 0.599. The summed E-state index contributed by atoms with van der Waals surface area (Å²) in [6, 6.07) is 19.6. The average Bonchev–Trinajstić information content (AvgIpc) is 3.27. The number of rotatable bonds is 4. The van der Waals surface area contributed by atoms with Gasteiger partial charge in [-0.25, -0.2) is 4.39 Å². The smallest absolute Gasteiger partial charge is 0.269 e. The molecule has 1 N–H and O–H groups in total. The van der Waals surface area contributed by atoms with E-state index in [4.69, 9.17) is 11.6 Å². The predicted molar refractivity (Wildman–Crippen MR) is 127 cm³/mol. The third kappa shape index (κ3) is 3.46. The number of anilines is 3. The lowest BCUT2D eigenvalue weighted by Crippen LogP contribution is -2.50. The molecule has 0 saturated carbocycles. The average molecular weight is 482 g/mol. The van der Waals surface area contributed by atoms with Crippen molar-refractivity contribution < 1.29 is 18.8 Å². The molecule has 3 aromatic carbocycles.